The smallest absolute Gasteiger partial charge is 0.224 e. The standard InChI is InChI=1S/C13H21NO3/c1-2-3-6-9-14-12(15)10-7-4-5-8-11(10)13(16)17/h4-5,10-11H,2-3,6-9H2,1H3,(H,14,15)(H,16,17)/p-1/t10-,11+/m1/s1. The molecule has 0 heterocycles. The van der Waals surface area contributed by atoms with Crippen molar-refractivity contribution in [3.63, 3.8) is 0 Å². The van der Waals surface area contributed by atoms with Crippen molar-refractivity contribution >= 4 is 11.9 Å². The van der Waals surface area contributed by atoms with E-state index in [1.54, 1.807) is 6.08 Å². The molecule has 0 aromatic carbocycles. The lowest BCUT2D eigenvalue weighted by molar-refractivity contribution is -0.313. The first-order valence-corrected chi connectivity index (χ1v) is 6.30. The van der Waals surface area contributed by atoms with E-state index >= 15 is 0 Å². The Labute approximate surface area is 102 Å². The Hall–Kier alpha value is -1.32. The van der Waals surface area contributed by atoms with Crippen LogP contribution in [0.15, 0.2) is 12.2 Å². The van der Waals surface area contributed by atoms with Gasteiger partial charge in [-0.3, -0.25) is 4.79 Å². The third-order valence-corrected chi connectivity index (χ3v) is 3.15. The highest BCUT2D eigenvalue weighted by atomic mass is 16.4. The van der Waals surface area contributed by atoms with Crippen LogP contribution in [0, 0.1) is 11.8 Å². The molecule has 17 heavy (non-hydrogen) atoms. The number of carbonyl (C=O) groups excluding carboxylic acids is 2. The SMILES string of the molecule is CCCCCNC(=O)[C@@H]1CC=CC[C@@H]1C(=O)[O-]. The molecule has 0 saturated carbocycles. The topological polar surface area (TPSA) is 69.2 Å². The summed E-state index contributed by atoms with van der Waals surface area (Å²) in [7, 11) is 0. The third kappa shape index (κ3) is 4.21. The van der Waals surface area contributed by atoms with E-state index in [0.717, 1.165) is 19.3 Å². The molecular weight excluding hydrogens is 218 g/mol. The first-order valence-electron chi connectivity index (χ1n) is 6.30. The van der Waals surface area contributed by atoms with Gasteiger partial charge in [0.15, 0.2) is 0 Å². The molecular formula is C13H20NO3-. The third-order valence-electron chi connectivity index (χ3n) is 3.15. The quantitative estimate of drug-likeness (QED) is 0.545. The Morgan fingerprint density at radius 1 is 1.24 bits per heavy atom. The molecule has 0 unspecified atom stereocenters. The predicted octanol–water partition coefficient (Wildman–Crippen LogP) is 0.625. The van der Waals surface area contributed by atoms with Crippen LogP contribution in [0.2, 0.25) is 0 Å². The van der Waals surface area contributed by atoms with Crippen molar-refractivity contribution in [3.8, 4) is 0 Å². The van der Waals surface area contributed by atoms with Gasteiger partial charge in [0.05, 0.1) is 0 Å². The normalized spacial score (nSPS) is 23.4. The lowest BCUT2D eigenvalue weighted by Crippen LogP contribution is -2.43. The molecule has 1 aliphatic carbocycles. The molecule has 0 bridgehead atoms. The monoisotopic (exact) mass is 238 g/mol. The highest BCUT2D eigenvalue weighted by Crippen LogP contribution is 2.25. The molecule has 1 amide bonds. The molecule has 0 saturated heterocycles. The average Bonchev–Trinajstić information content (AvgIpc) is 2.34. The molecule has 0 fully saturated rings. The van der Waals surface area contributed by atoms with Gasteiger partial charge in [0, 0.05) is 24.3 Å². The molecule has 0 radical (unpaired) electrons. The van der Waals surface area contributed by atoms with Crippen molar-refractivity contribution in [1.29, 1.82) is 0 Å². The van der Waals surface area contributed by atoms with Crippen LogP contribution in [0.25, 0.3) is 0 Å². The van der Waals surface area contributed by atoms with Crippen LogP contribution in [0.4, 0.5) is 0 Å². The van der Waals surface area contributed by atoms with Gasteiger partial charge in [-0.25, -0.2) is 0 Å². The first kappa shape index (κ1) is 13.7. The van der Waals surface area contributed by atoms with Crippen molar-refractivity contribution in [2.24, 2.45) is 11.8 Å². The number of amides is 1. The lowest BCUT2D eigenvalue weighted by Gasteiger charge is -2.28. The van der Waals surface area contributed by atoms with Crippen LogP contribution in [0.1, 0.15) is 39.0 Å². The second-order valence-corrected chi connectivity index (χ2v) is 4.47. The number of carbonyl (C=O) groups is 2. The van der Waals surface area contributed by atoms with Crippen LogP contribution in [-0.4, -0.2) is 18.4 Å². The summed E-state index contributed by atoms with van der Waals surface area (Å²) in [5, 5.41) is 13.7. The zero-order valence-electron chi connectivity index (χ0n) is 10.3. The number of allylic oxidation sites excluding steroid dienone is 2. The molecule has 96 valence electrons. The minimum Gasteiger partial charge on any atom is -0.550 e. The van der Waals surface area contributed by atoms with Gasteiger partial charge in [0.25, 0.3) is 0 Å². The van der Waals surface area contributed by atoms with E-state index in [1.165, 1.54) is 0 Å². The van der Waals surface area contributed by atoms with Crippen molar-refractivity contribution in [2.45, 2.75) is 39.0 Å². The fraction of sp³-hybridized carbons (Fsp3) is 0.692. The summed E-state index contributed by atoms with van der Waals surface area (Å²) < 4.78 is 0. The summed E-state index contributed by atoms with van der Waals surface area (Å²) in [4.78, 5) is 22.8. The number of unbranched alkanes of at least 4 members (excludes halogenated alkanes) is 2. The molecule has 1 N–H and O–H groups in total. The van der Waals surface area contributed by atoms with Crippen molar-refractivity contribution in [1.82, 2.24) is 5.32 Å². The Bertz CT molecular complexity index is 299. The molecule has 2 atom stereocenters. The Balaban J connectivity index is 2.43. The van der Waals surface area contributed by atoms with Crippen molar-refractivity contribution < 1.29 is 14.7 Å². The first-order chi connectivity index (χ1) is 8.16. The summed E-state index contributed by atoms with van der Waals surface area (Å²) in [5.74, 6) is -2.42. The zero-order valence-corrected chi connectivity index (χ0v) is 10.3. The van der Waals surface area contributed by atoms with E-state index in [1.807, 2.05) is 6.08 Å². The van der Waals surface area contributed by atoms with Crippen molar-refractivity contribution in [3.05, 3.63) is 12.2 Å². The molecule has 1 rings (SSSR count). The maximum atomic E-state index is 11.8. The summed E-state index contributed by atoms with van der Waals surface area (Å²) in [6, 6.07) is 0. The van der Waals surface area contributed by atoms with E-state index in [4.69, 9.17) is 0 Å². The summed E-state index contributed by atoms with van der Waals surface area (Å²) in [6.07, 6.45) is 7.70. The summed E-state index contributed by atoms with van der Waals surface area (Å²) in [5.41, 5.74) is 0. The highest BCUT2D eigenvalue weighted by molar-refractivity contribution is 5.84. The van der Waals surface area contributed by atoms with E-state index in [2.05, 4.69) is 12.2 Å². The number of hydrogen-bond donors (Lipinski definition) is 1. The largest absolute Gasteiger partial charge is 0.550 e. The summed E-state index contributed by atoms with van der Waals surface area (Å²) >= 11 is 0. The molecule has 0 aromatic heterocycles. The second-order valence-electron chi connectivity index (χ2n) is 4.47. The fourth-order valence-corrected chi connectivity index (χ4v) is 2.08. The van der Waals surface area contributed by atoms with Gasteiger partial charge in [-0.15, -0.1) is 0 Å². The van der Waals surface area contributed by atoms with Gasteiger partial charge in [0.2, 0.25) is 5.91 Å². The van der Waals surface area contributed by atoms with Crippen LogP contribution in [-0.2, 0) is 9.59 Å². The number of carboxylic acids is 1. The highest BCUT2D eigenvalue weighted by Gasteiger charge is 2.29. The van der Waals surface area contributed by atoms with Gasteiger partial charge in [0.1, 0.15) is 0 Å². The predicted molar refractivity (Wildman–Crippen MR) is 62.9 cm³/mol. The van der Waals surface area contributed by atoms with Gasteiger partial charge in [-0.1, -0.05) is 31.9 Å². The van der Waals surface area contributed by atoms with Gasteiger partial charge >= 0.3 is 0 Å². The molecule has 0 aliphatic heterocycles. The van der Waals surface area contributed by atoms with E-state index in [-0.39, 0.29) is 5.91 Å². The maximum Gasteiger partial charge on any atom is 0.224 e. The Morgan fingerprint density at radius 2 is 1.88 bits per heavy atom. The molecule has 4 heteroatoms. The summed E-state index contributed by atoms with van der Waals surface area (Å²) in [6.45, 7) is 2.73. The van der Waals surface area contributed by atoms with Crippen LogP contribution in [0.5, 0.6) is 0 Å². The molecule has 1 aliphatic rings. The van der Waals surface area contributed by atoms with E-state index in [9.17, 15) is 14.7 Å². The van der Waals surface area contributed by atoms with Crippen LogP contribution >= 0.6 is 0 Å². The fourth-order valence-electron chi connectivity index (χ4n) is 2.08. The van der Waals surface area contributed by atoms with Crippen LogP contribution in [0.3, 0.4) is 0 Å². The Kier molecular flexibility index (Phi) is 5.73. The zero-order chi connectivity index (χ0) is 12.7. The Morgan fingerprint density at radius 3 is 2.47 bits per heavy atom. The average molecular weight is 238 g/mol. The van der Waals surface area contributed by atoms with E-state index < -0.39 is 17.8 Å². The molecule has 0 spiro atoms. The second kappa shape index (κ2) is 7.09. The number of aliphatic carboxylic acids is 1. The molecule has 4 nitrogen and oxygen atoms in total. The van der Waals surface area contributed by atoms with Gasteiger partial charge in [-0.2, -0.15) is 0 Å². The number of nitrogens with one attached hydrogen (secondary N) is 1. The minimum absolute atomic E-state index is 0.153. The lowest BCUT2D eigenvalue weighted by atomic mass is 9.82. The van der Waals surface area contributed by atoms with Gasteiger partial charge in [-0.05, 0) is 19.3 Å². The minimum atomic E-state index is -1.12. The number of hydrogen-bond acceptors (Lipinski definition) is 3. The molecule has 0 aromatic rings. The number of rotatable bonds is 6. The maximum absolute atomic E-state index is 11.8. The van der Waals surface area contributed by atoms with Crippen LogP contribution < -0.4 is 10.4 Å². The number of carboxylic acid groups (broad SMARTS) is 1. The van der Waals surface area contributed by atoms with Crippen molar-refractivity contribution in [2.75, 3.05) is 6.54 Å². The van der Waals surface area contributed by atoms with E-state index in [0.29, 0.717) is 19.4 Å². The van der Waals surface area contributed by atoms with Gasteiger partial charge < -0.3 is 15.2 Å².